The van der Waals surface area contributed by atoms with E-state index in [1.54, 1.807) is 12.3 Å². The molecular weight excluding hydrogens is 136 g/mol. The Morgan fingerprint density at radius 3 is 3.18 bits per heavy atom. The average molecular weight is 143 g/mol. The maximum Gasteiger partial charge on any atom is 0.159 e. The van der Waals surface area contributed by atoms with Crippen molar-refractivity contribution in [3.63, 3.8) is 0 Å². The van der Waals surface area contributed by atoms with E-state index in [0.29, 0.717) is 0 Å². The molecule has 0 aliphatic carbocycles. The van der Waals surface area contributed by atoms with E-state index in [9.17, 15) is 0 Å². The SMILES string of the molecule is Cc1ccc2[c]ccnc2n1. The van der Waals surface area contributed by atoms with Gasteiger partial charge in [-0.3, -0.25) is 0 Å². The van der Waals surface area contributed by atoms with E-state index in [2.05, 4.69) is 16.0 Å². The summed E-state index contributed by atoms with van der Waals surface area (Å²) >= 11 is 0. The molecule has 0 spiro atoms. The van der Waals surface area contributed by atoms with Crippen molar-refractivity contribution in [1.82, 2.24) is 9.97 Å². The van der Waals surface area contributed by atoms with Gasteiger partial charge in [0, 0.05) is 17.3 Å². The first kappa shape index (κ1) is 6.28. The van der Waals surface area contributed by atoms with Crippen LogP contribution in [0.1, 0.15) is 5.69 Å². The Morgan fingerprint density at radius 2 is 2.27 bits per heavy atom. The largest absolute Gasteiger partial charge is 0.237 e. The smallest absolute Gasteiger partial charge is 0.159 e. The van der Waals surface area contributed by atoms with Crippen molar-refractivity contribution in [3.8, 4) is 0 Å². The van der Waals surface area contributed by atoms with Gasteiger partial charge in [0.2, 0.25) is 0 Å². The van der Waals surface area contributed by atoms with Crippen molar-refractivity contribution < 1.29 is 0 Å². The summed E-state index contributed by atoms with van der Waals surface area (Å²) in [6.07, 6.45) is 1.70. The van der Waals surface area contributed by atoms with Gasteiger partial charge in [-0.05, 0) is 31.2 Å². The summed E-state index contributed by atoms with van der Waals surface area (Å²) in [5.74, 6) is 0. The fourth-order valence-corrected chi connectivity index (χ4v) is 0.989. The van der Waals surface area contributed by atoms with E-state index >= 15 is 0 Å². The number of nitrogens with zero attached hydrogens (tertiary/aromatic N) is 2. The minimum atomic E-state index is 0.771. The molecule has 0 aliphatic rings. The van der Waals surface area contributed by atoms with Gasteiger partial charge < -0.3 is 0 Å². The lowest BCUT2D eigenvalue weighted by Crippen LogP contribution is -1.84. The molecule has 53 valence electrons. The van der Waals surface area contributed by atoms with Gasteiger partial charge in [0.25, 0.3) is 0 Å². The second-order valence-corrected chi connectivity index (χ2v) is 2.41. The van der Waals surface area contributed by atoms with E-state index in [1.807, 2.05) is 19.1 Å². The Labute approximate surface area is 64.9 Å². The highest BCUT2D eigenvalue weighted by atomic mass is 14.8. The van der Waals surface area contributed by atoms with Crippen LogP contribution in [-0.2, 0) is 0 Å². The molecule has 0 bridgehead atoms. The number of rotatable bonds is 0. The van der Waals surface area contributed by atoms with Crippen LogP contribution >= 0.6 is 0 Å². The van der Waals surface area contributed by atoms with E-state index in [0.717, 1.165) is 16.7 Å². The van der Waals surface area contributed by atoms with Crippen molar-refractivity contribution in [3.05, 3.63) is 36.2 Å². The summed E-state index contributed by atoms with van der Waals surface area (Å²) in [6, 6.07) is 8.78. The van der Waals surface area contributed by atoms with Gasteiger partial charge in [0.15, 0.2) is 5.65 Å². The Morgan fingerprint density at radius 1 is 1.36 bits per heavy atom. The van der Waals surface area contributed by atoms with E-state index < -0.39 is 0 Å². The Balaban J connectivity index is 2.83. The second kappa shape index (κ2) is 2.31. The monoisotopic (exact) mass is 143 g/mol. The fraction of sp³-hybridized carbons (Fsp3) is 0.111. The molecule has 0 aromatic carbocycles. The van der Waals surface area contributed by atoms with E-state index in [4.69, 9.17) is 0 Å². The van der Waals surface area contributed by atoms with Gasteiger partial charge in [-0.15, -0.1) is 0 Å². The first-order valence-electron chi connectivity index (χ1n) is 3.46. The minimum Gasteiger partial charge on any atom is -0.237 e. The maximum absolute atomic E-state index is 4.23. The van der Waals surface area contributed by atoms with Crippen LogP contribution in [0.2, 0.25) is 0 Å². The van der Waals surface area contributed by atoms with Crippen LogP contribution in [0.15, 0.2) is 24.4 Å². The number of aryl methyl sites for hydroxylation is 1. The molecule has 1 radical (unpaired) electrons. The van der Waals surface area contributed by atoms with Crippen molar-refractivity contribution in [1.29, 1.82) is 0 Å². The predicted molar refractivity (Wildman–Crippen MR) is 43.1 cm³/mol. The molecule has 0 unspecified atom stereocenters. The molecule has 0 aliphatic heterocycles. The first-order chi connectivity index (χ1) is 5.36. The summed E-state index contributed by atoms with van der Waals surface area (Å²) in [6.45, 7) is 1.95. The summed E-state index contributed by atoms with van der Waals surface area (Å²) < 4.78 is 0. The topological polar surface area (TPSA) is 25.8 Å². The van der Waals surface area contributed by atoms with Crippen LogP contribution in [0.4, 0.5) is 0 Å². The molecule has 2 heteroatoms. The lowest BCUT2D eigenvalue weighted by Gasteiger charge is -1.94. The molecule has 0 saturated carbocycles. The highest BCUT2D eigenvalue weighted by molar-refractivity contribution is 5.73. The zero-order valence-corrected chi connectivity index (χ0v) is 6.20. The number of hydrogen-bond acceptors (Lipinski definition) is 2. The standard InChI is InChI=1S/C9H7N2/c1-7-4-5-8-3-2-6-10-9(8)11-7/h2,4-6H,1H3. The highest BCUT2D eigenvalue weighted by Gasteiger charge is 1.92. The van der Waals surface area contributed by atoms with Crippen LogP contribution in [0.3, 0.4) is 0 Å². The maximum atomic E-state index is 4.23. The molecule has 0 fully saturated rings. The van der Waals surface area contributed by atoms with Crippen LogP contribution in [0.25, 0.3) is 11.0 Å². The highest BCUT2D eigenvalue weighted by Crippen LogP contribution is 2.06. The van der Waals surface area contributed by atoms with Crippen molar-refractivity contribution in [2.75, 3.05) is 0 Å². The number of hydrogen-bond donors (Lipinski definition) is 0. The van der Waals surface area contributed by atoms with Crippen molar-refractivity contribution in [2.45, 2.75) is 6.92 Å². The summed E-state index contributed by atoms with van der Waals surface area (Å²) in [5.41, 5.74) is 1.76. The normalized spacial score (nSPS) is 10.3. The van der Waals surface area contributed by atoms with Crippen LogP contribution < -0.4 is 0 Å². The summed E-state index contributed by atoms with van der Waals surface area (Å²) in [7, 11) is 0. The Kier molecular flexibility index (Phi) is 1.32. The number of fused-ring (bicyclic) bond motifs is 1. The predicted octanol–water partition coefficient (Wildman–Crippen LogP) is 1.74. The van der Waals surface area contributed by atoms with Crippen LogP contribution in [0.5, 0.6) is 0 Å². The van der Waals surface area contributed by atoms with Gasteiger partial charge in [-0.25, -0.2) is 9.97 Å². The molecule has 2 heterocycles. The molecule has 0 amide bonds. The lowest BCUT2D eigenvalue weighted by molar-refractivity contribution is 1.20. The zero-order valence-electron chi connectivity index (χ0n) is 6.20. The van der Waals surface area contributed by atoms with Gasteiger partial charge in [-0.2, -0.15) is 0 Å². The number of aromatic nitrogens is 2. The van der Waals surface area contributed by atoms with Crippen LogP contribution in [0, 0.1) is 13.0 Å². The Hall–Kier alpha value is -1.44. The summed E-state index contributed by atoms with van der Waals surface area (Å²) in [4.78, 5) is 8.33. The third-order valence-electron chi connectivity index (χ3n) is 1.52. The van der Waals surface area contributed by atoms with E-state index in [-0.39, 0.29) is 0 Å². The molecule has 2 rings (SSSR count). The lowest BCUT2D eigenvalue weighted by atomic mass is 10.3. The third kappa shape index (κ3) is 1.07. The second-order valence-electron chi connectivity index (χ2n) is 2.41. The quantitative estimate of drug-likeness (QED) is 0.561. The third-order valence-corrected chi connectivity index (χ3v) is 1.52. The van der Waals surface area contributed by atoms with Gasteiger partial charge in [-0.1, -0.05) is 0 Å². The molecule has 11 heavy (non-hydrogen) atoms. The molecule has 0 N–H and O–H groups in total. The zero-order chi connectivity index (χ0) is 7.68. The van der Waals surface area contributed by atoms with Gasteiger partial charge >= 0.3 is 0 Å². The Bertz CT molecular complexity index is 382. The van der Waals surface area contributed by atoms with Gasteiger partial charge in [0.1, 0.15) is 0 Å². The summed E-state index contributed by atoms with van der Waals surface area (Å²) in [5, 5.41) is 0.970. The minimum absolute atomic E-state index is 0.771. The molecule has 2 aromatic heterocycles. The number of pyridine rings is 2. The average Bonchev–Trinajstić information content (AvgIpc) is 2.04. The molecule has 2 nitrogen and oxygen atoms in total. The molecule has 0 atom stereocenters. The fourth-order valence-electron chi connectivity index (χ4n) is 0.989. The van der Waals surface area contributed by atoms with Crippen molar-refractivity contribution >= 4 is 11.0 Å². The first-order valence-corrected chi connectivity index (χ1v) is 3.46. The van der Waals surface area contributed by atoms with Crippen LogP contribution in [-0.4, -0.2) is 9.97 Å². The molecular formula is C9H7N2. The molecule has 2 aromatic rings. The van der Waals surface area contributed by atoms with Crippen molar-refractivity contribution in [2.24, 2.45) is 0 Å². The van der Waals surface area contributed by atoms with E-state index in [1.165, 1.54) is 0 Å². The molecule has 0 saturated heterocycles. The van der Waals surface area contributed by atoms with Gasteiger partial charge in [0.05, 0.1) is 0 Å².